The van der Waals surface area contributed by atoms with Crippen LogP contribution in [0.5, 0.6) is 5.75 Å². The third kappa shape index (κ3) is 2.90. The molecule has 0 bridgehead atoms. The van der Waals surface area contributed by atoms with Crippen molar-refractivity contribution < 1.29 is 9.53 Å². The van der Waals surface area contributed by atoms with Crippen molar-refractivity contribution in [2.75, 3.05) is 6.61 Å². The highest BCUT2D eigenvalue weighted by atomic mass is 16.5. The topological polar surface area (TPSA) is 51.2 Å². The van der Waals surface area contributed by atoms with Crippen molar-refractivity contribution in [2.24, 2.45) is 5.92 Å². The van der Waals surface area contributed by atoms with E-state index in [9.17, 15) is 4.79 Å². The van der Waals surface area contributed by atoms with E-state index in [1.165, 1.54) is 12.8 Å². The van der Waals surface area contributed by atoms with Crippen LogP contribution < -0.4 is 10.1 Å². The quantitative estimate of drug-likeness (QED) is 0.908. The van der Waals surface area contributed by atoms with E-state index in [0.29, 0.717) is 11.7 Å². The van der Waals surface area contributed by atoms with Crippen molar-refractivity contribution in [3.63, 3.8) is 0 Å². The summed E-state index contributed by atoms with van der Waals surface area (Å²) in [6, 6.07) is 9.83. The predicted octanol–water partition coefficient (Wildman–Crippen LogP) is 2.53. The molecule has 1 amide bonds. The minimum Gasteiger partial charge on any atom is -0.481 e. The molecule has 4 nitrogen and oxygen atoms in total. The second-order valence-electron chi connectivity index (χ2n) is 5.31. The van der Waals surface area contributed by atoms with Crippen molar-refractivity contribution in [1.82, 2.24) is 10.3 Å². The van der Waals surface area contributed by atoms with Gasteiger partial charge in [-0.25, -0.2) is 0 Å². The summed E-state index contributed by atoms with van der Waals surface area (Å²) in [5.74, 6) is 1.23. The van der Waals surface area contributed by atoms with Crippen molar-refractivity contribution in [3.05, 3.63) is 36.5 Å². The Balaban J connectivity index is 1.63. The van der Waals surface area contributed by atoms with E-state index in [2.05, 4.69) is 17.2 Å². The molecule has 20 heavy (non-hydrogen) atoms. The number of aromatic nitrogens is 1. The van der Waals surface area contributed by atoms with Gasteiger partial charge < -0.3 is 10.1 Å². The zero-order chi connectivity index (χ0) is 13.9. The number of amides is 1. The van der Waals surface area contributed by atoms with Crippen LogP contribution in [0.4, 0.5) is 0 Å². The molecular weight excluding hydrogens is 252 g/mol. The lowest BCUT2D eigenvalue weighted by molar-refractivity contribution is -0.123. The van der Waals surface area contributed by atoms with Crippen molar-refractivity contribution in [1.29, 1.82) is 0 Å². The number of pyridine rings is 1. The molecule has 1 atom stereocenters. The van der Waals surface area contributed by atoms with Crippen LogP contribution in [0.1, 0.15) is 19.8 Å². The molecule has 1 aromatic carbocycles. The number of para-hydroxylation sites is 1. The molecule has 0 radical (unpaired) electrons. The van der Waals surface area contributed by atoms with E-state index in [0.717, 1.165) is 10.9 Å². The molecule has 1 aliphatic rings. The fourth-order valence-corrected chi connectivity index (χ4v) is 2.35. The normalized spacial score (nSPS) is 15.8. The number of benzene rings is 1. The van der Waals surface area contributed by atoms with E-state index in [1.807, 2.05) is 30.3 Å². The third-order valence-electron chi connectivity index (χ3n) is 3.67. The number of carbonyl (C=O) groups is 1. The van der Waals surface area contributed by atoms with Gasteiger partial charge >= 0.3 is 0 Å². The van der Waals surface area contributed by atoms with Gasteiger partial charge in [-0.15, -0.1) is 0 Å². The summed E-state index contributed by atoms with van der Waals surface area (Å²) in [5.41, 5.74) is 0.790. The van der Waals surface area contributed by atoms with Crippen LogP contribution in [-0.4, -0.2) is 23.5 Å². The molecule has 104 valence electrons. The van der Waals surface area contributed by atoms with Crippen LogP contribution in [0.15, 0.2) is 36.5 Å². The smallest absolute Gasteiger partial charge is 0.258 e. The molecule has 0 saturated heterocycles. The van der Waals surface area contributed by atoms with Gasteiger partial charge in [0.1, 0.15) is 11.3 Å². The van der Waals surface area contributed by atoms with Gasteiger partial charge in [0.15, 0.2) is 6.61 Å². The molecule has 1 fully saturated rings. The first-order valence-electron chi connectivity index (χ1n) is 7.00. The van der Waals surface area contributed by atoms with E-state index >= 15 is 0 Å². The fraction of sp³-hybridized carbons (Fsp3) is 0.375. The number of carbonyl (C=O) groups excluding carboxylic acids is 1. The average molecular weight is 270 g/mol. The lowest BCUT2D eigenvalue weighted by Crippen LogP contribution is -2.37. The van der Waals surface area contributed by atoms with Crippen LogP contribution in [0.3, 0.4) is 0 Å². The number of hydrogen-bond acceptors (Lipinski definition) is 3. The van der Waals surface area contributed by atoms with Gasteiger partial charge in [0.25, 0.3) is 5.91 Å². The first-order valence-corrected chi connectivity index (χ1v) is 7.00. The molecule has 1 unspecified atom stereocenters. The number of fused-ring (bicyclic) bond motifs is 1. The molecule has 2 aromatic rings. The van der Waals surface area contributed by atoms with Gasteiger partial charge in [-0.05, 0) is 37.8 Å². The van der Waals surface area contributed by atoms with Crippen LogP contribution in [0.25, 0.3) is 10.9 Å². The highest BCUT2D eigenvalue weighted by molar-refractivity contribution is 5.85. The maximum absolute atomic E-state index is 11.8. The Morgan fingerprint density at radius 3 is 3.00 bits per heavy atom. The van der Waals surface area contributed by atoms with Crippen molar-refractivity contribution >= 4 is 16.8 Å². The lowest BCUT2D eigenvalue weighted by atomic mass is 10.2. The zero-order valence-electron chi connectivity index (χ0n) is 11.5. The second kappa shape index (κ2) is 5.49. The van der Waals surface area contributed by atoms with Gasteiger partial charge in [0.05, 0.1) is 0 Å². The summed E-state index contributed by atoms with van der Waals surface area (Å²) in [6.07, 6.45) is 4.16. The summed E-state index contributed by atoms with van der Waals surface area (Å²) in [5, 5.41) is 3.99. The molecule has 1 aromatic heterocycles. The Morgan fingerprint density at radius 2 is 2.20 bits per heavy atom. The lowest BCUT2D eigenvalue weighted by Gasteiger charge is -2.13. The molecular formula is C16H18N2O2. The van der Waals surface area contributed by atoms with E-state index in [4.69, 9.17) is 4.74 Å². The van der Waals surface area contributed by atoms with Crippen LogP contribution >= 0.6 is 0 Å². The Hall–Kier alpha value is -2.10. The molecule has 0 aliphatic heterocycles. The van der Waals surface area contributed by atoms with E-state index in [-0.39, 0.29) is 18.6 Å². The number of nitrogens with zero attached hydrogens (tertiary/aromatic N) is 1. The zero-order valence-corrected chi connectivity index (χ0v) is 11.5. The monoisotopic (exact) mass is 270 g/mol. The maximum Gasteiger partial charge on any atom is 0.258 e. The predicted molar refractivity (Wildman–Crippen MR) is 77.6 cm³/mol. The summed E-state index contributed by atoms with van der Waals surface area (Å²) in [7, 11) is 0. The van der Waals surface area contributed by atoms with E-state index < -0.39 is 0 Å². The minimum atomic E-state index is -0.0719. The number of nitrogens with one attached hydrogen (secondary N) is 1. The Bertz CT molecular complexity index is 617. The summed E-state index contributed by atoms with van der Waals surface area (Å²) < 4.78 is 5.61. The third-order valence-corrected chi connectivity index (χ3v) is 3.67. The first-order chi connectivity index (χ1) is 9.74. The Morgan fingerprint density at radius 1 is 1.40 bits per heavy atom. The Labute approximate surface area is 118 Å². The number of hydrogen-bond donors (Lipinski definition) is 1. The van der Waals surface area contributed by atoms with Crippen molar-refractivity contribution in [3.8, 4) is 5.75 Å². The first kappa shape index (κ1) is 12.9. The summed E-state index contributed by atoms with van der Waals surface area (Å²) >= 11 is 0. The number of ether oxygens (including phenoxy) is 1. The van der Waals surface area contributed by atoms with E-state index in [1.54, 1.807) is 6.20 Å². The highest BCUT2D eigenvalue weighted by Crippen LogP contribution is 2.32. The van der Waals surface area contributed by atoms with Gasteiger partial charge in [-0.2, -0.15) is 0 Å². The maximum atomic E-state index is 11.8. The van der Waals surface area contributed by atoms with Gasteiger partial charge in [0.2, 0.25) is 0 Å². The van der Waals surface area contributed by atoms with Crippen LogP contribution in [-0.2, 0) is 4.79 Å². The Kier molecular flexibility index (Phi) is 3.54. The summed E-state index contributed by atoms with van der Waals surface area (Å²) in [4.78, 5) is 16.1. The average Bonchev–Trinajstić information content (AvgIpc) is 3.29. The highest BCUT2D eigenvalue weighted by Gasteiger charge is 2.28. The fourth-order valence-electron chi connectivity index (χ4n) is 2.35. The minimum absolute atomic E-state index is 0.0345. The molecule has 1 heterocycles. The molecule has 4 heteroatoms. The number of rotatable bonds is 5. The van der Waals surface area contributed by atoms with Crippen molar-refractivity contribution in [2.45, 2.75) is 25.8 Å². The van der Waals surface area contributed by atoms with Gasteiger partial charge in [0, 0.05) is 17.6 Å². The van der Waals surface area contributed by atoms with Gasteiger partial charge in [-0.1, -0.05) is 18.2 Å². The molecule has 1 N–H and O–H groups in total. The SMILES string of the molecule is CC(NC(=O)COc1cccc2cccnc12)C1CC1. The second-order valence-corrected chi connectivity index (χ2v) is 5.31. The van der Waals surface area contributed by atoms with Crippen LogP contribution in [0.2, 0.25) is 0 Å². The standard InChI is InChI=1S/C16H18N2O2/c1-11(12-7-8-12)18-15(19)10-20-14-6-2-4-13-5-3-9-17-16(13)14/h2-6,9,11-12H,7-8,10H2,1H3,(H,18,19). The molecule has 1 saturated carbocycles. The summed E-state index contributed by atoms with van der Waals surface area (Å²) in [6.45, 7) is 2.09. The molecule has 1 aliphatic carbocycles. The van der Waals surface area contributed by atoms with Gasteiger partial charge in [-0.3, -0.25) is 9.78 Å². The largest absolute Gasteiger partial charge is 0.481 e. The molecule has 0 spiro atoms. The van der Waals surface area contributed by atoms with Crippen LogP contribution in [0, 0.1) is 5.92 Å². The molecule has 3 rings (SSSR count).